The fraction of sp³-hybridized carbons (Fsp3) is 0.219. The van der Waals surface area contributed by atoms with Gasteiger partial charge in [0, 0.05) is 5.56 Å². The molecule has 0 spiro atoms. The topological polar surface area (TPSA) is 35.5 Å². The molecule has 0 saturated heterocycles. The van der Waals surface area contributed by atoms with Gasteiger partial charge in [-0.3, -0.25) is 4.79 Å². The van der Waals surface area contributed by atoms with Gasteiger partial charge in [-0.1, -0.05) is 80.1 Å². The zero-order valence-electron chi connectivity index (χ0n) is 20.2. The maximum atomic E-state index is 11.5. The van der Waals surface area contributed by atoms with E-state index in [1.807, 2.05) is 66.7 Å². The van der Waals surface area contributed by atoms with Gasteiger partial charge in [-0.15, -0.1) is 0 Å². The second-order valence-electron chi connectivity index (χ2n) is 8.72. The van der Waals surface area contributed by atoms with Crippen LogP contribution in [-0.4, -0.2) is 6.29 Å². The monoisotopic (exact) mass is 463 g/mol. The first-order chi connectivity index (χ1) is 17.2. The van der Waals surface area contributed by atoms with Crippen molar-refractivity contribution < 1.29 is 14.3 Å². The van der Waals surface area contributed by atoms with Crippen LogP contribution in [0.1, 0.15) is 53.1 Å². The molecule has 0 amide bonds. The number of hydrogen-bond acceptors (Lipinski definition) is 3. The van der Waals surface area contributed by atoms with Crippen LogP contribution in [0, 0.1) is 0 Å². The Hall–Kier alpha value is -3.85. The van der Waals surface area contributed by atoms with E-state index in [1.165, 1.54) is 18.4 Å². The number of unbranched alkanes of at least 4 members (excludes halogenated alkanes) is 1. The summed E-state index contributed by atoms with van der Waals surface area (Å²) in [6.07, 6.45) is 6.21. The molecule has 0 N–H and O–H groups in total. The molecule has 0 bridgehead atoms. The fourth-order valence-electron chi connectivity index (χ4n) is 3.92. The summed E-state index contributed by atoms with van der Waals surface area (Å²) in [7, 11) is 0. The summed E-state index contributed by atoms with van der Waals surface area (Å²) in [6, 6.07) is 32.2. The van der Waals surface area contributed by atoms with E-state index >= 15 is 0 Å². The zero-order chi connectivity index (χ0) is 24.3. The van der Waals surface area contributed by atoms with Gasteiger partial charge in [0.1, 0.15) is 24.7 Å². The van der Waals surface area contributed by atoms with Crippen molar-refractivity contribution in [3.05, 3.63) is 130 Å². The predicted octanol–water partition coefficient (Wildman–Crippen LogP) is 7.24. The molecule has 4 aromatic rings. The van der Waals surface area contributed by atoms with E-state index in [2.05, 4.69) is 37.5 Å². The first-order valence-corrected chi connectivity index (χ1v) is 12.2. The van der Waals surface area contributed by atoms with Gasteiger partial charge in [-0.05, 0) is 77.4 Å². The quantitative estimate of drug-likeness (QED) is 0.222. The smallest absolute Gasteiger partial charge is 0.233 e. The Morgan fingerprint density at radius 3 is 1.94 bits per heavy atom. The molecule has 0 aliphatic rings. The van der Waals surface area contributed by atoms with E-state index in [0.29, 0.717) is 25.2 Å². The molecule has 0 aliphatic heterocycles. The van der Waals surface area contributed by atoms with Gasteiger partial charge < -0.3 is 9.47 Å². The van der Waals surface area contributed by atoms with Crippen LogP contribution in [-0.2, 0) is 30.8 Å². The van der Waals surface area contributed by atoms with E-state index in [0.717, 1.165) is 40.2 Å². The molecule has 3 heteroatoms. The van der Waals surface area contributed by atoms with Gasteiger partial charge in [0.25, 0.3) is 0 Å². The molecule has 0 aromatic heterocycles. The van der Waals surface area contributed by atoms with Gasteiger partial charge in [-0.2, -0.15) is 0 Å². The molecular weight excluding hydrogens is 432 g/mol. The van der Waals surface area contributed by atoms with E-state index in [1.54, 1.807) is 6.07 Å². The van der Waals surface area contributed by atoms with Crippen LogP contribution in [0.25, 0.3) is 0 Å². The van der Waals surface area contributed by atoms with Gasteiger partial charge in [0.15, 0.2) is 0 Å². The third-order valence-electron chi connectivity index (χ3n) is 6.00. The van der Waals surface area contributed by atoms with E-state index in [4.69, 9.17) is 9.47 Å². The van der Waals surface area contributed by atoms with E-state index < -0.39 is 0 Å². The number of benzene rings is 4. The summed E-state index contributed by atoms with van der Waals surface area (Å²) < 4.78 is 11.9. The Balaban J connectivity index is 1.36. The number of aryl methyl sites for hydroxylation is 1. The minimum Gasteiger partial charge on any atom is -0.489 e. The van der Waals surface area contributed by atoms with Crippen molar-refractivity contribution in [1.29, 1.82) is 0 Å². The molecule has 0 saturated carbocycles. The average molecular weight is 464 g/mol. The first-order valence-electron chi connectivity index (χ1n) is 12.2. The lowest BCUT2D eigenvalue weighted by Crippen LogP contribution is -2.00. The van der Waals surface area contributed by atoms with Crippen molar-refractivity contribution in [3.8, 4) is 11.5 Å². The zero-order valence-corrected chi connectivity index (χ0v) is 20.2. The second-order valence-corrected chi connectivity index (χ2v) is 8.72. The predicted molar refractivity (Wildman–Crippen MR) is 141 cm³/mol. The van der Waals surface area contributed by atoms with E-state index in [-0.39, 0.29) is 0 Å². The molecule has 35 heavy (non-hydrogen) atoms. The minimum absolute atomic E-state index is 0.491. The lowest BCUT2D eigenvalue weighted by Gasteiger charge is -2.11. The summed E-state index contributed by atoms with van der Waals surface area (Å²) in [5, 5.41) is 0. The third-order valence-corrected chi connectivity index (χ3v) is 6.00. The Labute approximate surface area is 208 Å². The summed E-state index contributed by atoms with van der Waals surface area (Å²) in [4.78, 5) is 11.5. The minimum atomic E-state index is 0.491. The normalized spacial score (nSPS) is 10.7. The summed E-state index contributed by atoms with van der Waals surface area (Å²) in [6.45, 7) is 3.23. The van der Waals surface area contributed by atoms with E-state index in [9.17, 15) is 4.79 Å². The SMILES string of the molecule is CCCCc1ccc(COc2ccc([C]=O)c(Cc3ccc(OCc4ccccc4)cc3)c2)cc1. The van der Waals surface area contributed by atoms with Crippen LogP contribution in [0.4, 0.5) is 0 Å². The molecule has 0 fully saturated rings. The molecule has 1 radical (unpaired) electrons. The molecule has 0 heterocycles. The highest BCUT2D eigenvalue weighted by atomic mass is 16.5. The van der Waals surface area contributed by atoms with Crippen molar-refractivity contribution in [3.63, 3.8) is 0 Å². The van der Waals surface area contributed by atoms with Crippen LogP contribution in [0.3, 0.4) is 0 Å². The summed E-state index contributed by atoms with van der Waals surface area (Å²) in [5.41, 5.74) is 6.16. The molecule has 177 valence electrons. The molecule has 0 atom stereocenters. The summed E-state index contributed by atoms with van der Waals surface area (Å²) >= 11 is 0. The molecule has 0 unspecified atom stereocenters. The third kappa shape index (κ3) is 7.31. The van der Waals surface area contributed by atoms with Crippen LogP contribution in [0.5, 0.6) is 11.5 Å². The lowest BCUT2D eigenvalue weighted by atomic mass is 10.00. The number of carbonyl (C=O) groups excluding carboxylic acids is 1. The van der Waals surface area contributed by atoms with Crippen molar-refractivity contribution in [2.75, 3.05) is 0 Å². The Bertz CT molecular complexity index is 1200. The Morgan fingerprint density at radius 1 is 0.657 bits per heavy atom. The molecule has 4 rings (SSSR count). The van der Waals surface area contributed by atoms with Gasteiger partial charge in [-0.25, -0.2) is 0 Å². The van der Waals surface area contributed by atoms with Gasteiger partial charge >= 0.3 is 0 Å². The molecule has 4 aromatic carbocycles. The molecule has 0 aliphatic carbocycles. The van der Waals surface area contributed by atoms with Crippen LogP contribution in [0.2, 0.25) is 0 Å². The fourth-order valence-corrected chi connectivity index (χ4v) is 3.92. The largest absolute Gasteiger partial charge is 0.489 e. The second kappa shape index (κ2) is 12.6. The lowest BCUT2D eigenvalue weighted by molar-refractivity contribution is 0.305. The highest BCUT2D eigenvalue weighted by Gasteiger charge is 2.08. The molecule has 3 nitrogen and oxygen atoms in total. The van der Waals surface area contributed by atoms with Gasteiger partial charge in [0.2, 0.25) is 6.29 Å². The average Bonchev–Trinajstić information content (AvgIpc) is 2.91. The molecular formula is C32H31O3. The number of hydrogen-bond donors (Lipinski definition) is 0. The first kappa shape index (κ1) is 24.3. The standard InChI is InChI=1S/C32H31O3/c1-2-3-7-25-10-12-28(13-11-25)24-35-32-19-16-29(22-33)30(21-32)20-26-14-17-31(18-15-26)34-23-27-8-5-4-6-9-27/h4-6,8-19,21H,2-3,7,20,23-24H2,1H3. The van der Waals surface area contributed by atoms with Crippen molar-refractivity contribution in [2.45, 2.75) is 45.8 Å². The van der Waals surface area contributed by atoms with Crippen molar-refractivity contribution in [1.82, 2.24) is 0 Å². The van der Waals surface area contributed by atoms with Crippen molar-refractivity contribution >= 4 is 6.29 Å². The van der Waals surface area contributed by atoms with Crippen LogP contribution in [0.15, 0.2) is 97.1 Å². The maximum absolute atomic E-state index is 11.5. The van der Waals surface area contributed by atoms with Crippen molar-refractivity contribution in [2.24, 2.45) is 0 Å². The maximum Gasteiger partial charge on any atom is 0.233 e. The number of rotatable bonds is 12. The van der Waals surface area contributed by atoms with Crippen LogP contribution >= 0.6 is 0 Å². The Kier molecular flexibility index (Phi) is 8.72. The highest BCUT2D eigenvalue weighted by Crippen LogP contribution is 2.23. The Morgan fingerprint density at radius 2 is 1.26 bits per heavy atom. The van der Waals surface area contributed by atoms with Gasteiger partial charge in [0.05, 0.1) is 0 Å². The summed E-state index contributed by atoms with van der Waals surface area (Å²) in [5.74, 6) is 1.56. The number of ether oxygens (including phenoxy) is 2. The highest BCUT2D eigenvalue weighted by molar-refractivity contribution is 5.78. The van der Waals surface area contributed by atoms with Crippen LogP contribution < -0.4 is 9.47 Å².